The lowest BCUT2D eigenvalue weighted by Crippen LogP contribution is -1.69. The van der Waals surface area contributed by atoms with Gasteiger partial charge in [0.15, 0.2) is 0 Å². The highest BCUT2D eigenvalue weighted by Crippen LogP contribution is 2.17. The number of benzene rings is 1. The Hall–Kier alpha value is -0.890. The van der Waals surface area contributed by atoms with E-state index < -0.39 is 0 Å². The van der Waals surface area contributed by atoms with Gasteiger partial charge >= 0.3 is 0 Å². The van der Waals surface area contributed by atoms with Gasteiger partial charge in [-0.15, -0.1) is 11.3 Å². The highest BCUT2D eigenvalue weighted by Gasteiger charge is 1.93. The minimum atomic E-state index is 1.11. The first-order chi connectivity index (χ1) is 6.86. The average molecular weight is 209 g/mol. The van der Waals surface area contributed by atoms with Gasteiger partial charge in [0.05, 0.1) is 15.7 Å². The number of hydrogen-bond acceptors (Lipinski definition) is 2. The van der Waals surface area contributed by atoms with Gasteiger partial charge in [-0.3, -0.25) is 0 Å². The maximum Gasteiger partial charge on any atom is 0.0812 e. The van der Waals surface area contributed by atoms with Crippen molar-refractivity contribution in [2.24, 2.45) is 0 Å². The number of hydrogen-bond donors (Lipinski definition) is 0. The quantitative estimate of drug-likeness (QED) is 0.615. The highest BCUT2D eigenvalue weighted by molar-refractivity contribution is 7.16. The molecule has 1 heterocycles. The fraction of sp³-hybridized carbons (Fsp3) is 0.417. The molecule has 0 aliphatic rings. The zero-order chi connectivity index (χ0) is 11.0. The lowest BCUT2D eigenvalue weighted by atomic mass is 10.2. The molecule has 0 bridgehead atoms. The molecule has 0 fully saturated rings. The molecule has 78 valence electrons. The molecule has 2 heteroatoms. The van der Waals surface area contributed by atoms with Crippen molar-refractivity contribution in [2.45, 2.75) is 34.6 Å². The molecule has 0 spiro atoms. The lowest BCUT2D eigenvalue weighted by molar-refractivity contribution is 1.46. The average Bonchev–Trinajstić information content (AvgIpc) is 2.71. The topological polar surface area (TPSA) is 12.9 Å². The van der Waals surface area contributed by atoms with Crippen LogP contribution < -0.4 is 0 Å². The third-order valence-corrected chi connectivity index (χ3v) is 2.28. The molecule has 0 amide bonds. The number of rotatable bonds is 0. The van der Waals surface area contributed by atoms with Gasteiger partial charge in [0.2, 0.25) is 0 Å². The molecule has 0 aliphatic carbocycles. The van der Waals surface area contributed by atoms with E-state index >= 15 is 0 Å². The monoisotopic (exact) mass is 209 g/mol. The molecular weight excluding hydrogens is 190 g/mol. The highest BCUT2D eigenvalue weighted by atomic mass is 32.1. The molecule has 0 atom stereocenters. The van der Waals surface area contributed by atoms with Gasteiger partial charge in [0, 0.05) is 0 Å². The van der Waals surface area contributed by atoms with Crippen LogP contribution in [0.1, 0.15) is 33.3 Å². The van der Waals surface area contributed by atoms with Gasteiger partial charge < -0.3 is 0 Å². The summed E-state index contributed by atoms with van der Waals surface area (Å²) in [5.41, 5.74) is 4.29. The first kappa shape index (κ1) is 13.1. The lowest BCUT2D eigenvalue weighted by Gasteiger charge is -1.88. The maximum atomic E-state index is 4.18. The number of fused-ring (bicyclic) bond motifs is 1. The van der Waals surface area contributed by atoms with Crippen molar-refractivity contribution in [3.05, 3.63) is 29.3 Å². The zero-order valence-corrected chi connectivity index (χ0v) is 10.5. The van der Waals surface area contributed by atoms with Crippen LogP contribution in [0.3, 0.4) is 0 Å². The van der Waals surface area contributed by atoms with E-state index in [1.165, 1.54) is 10.3 Å². The molecule has 0 N–H and O–H groups in total. The van der Waals surface area contributed by atoms with E-state index in [0.717, 1.165) is 5.52 Å². The van der Waals surface area contributed by atoms with Crippen LogP contribution >= 0.6 is 11.3 Å². The summed E-state index contributed by atoms with van der Waals surface area (Å²) < 4.78 is 1.28. The third kappa shape index (κ3) is 3.46. The summed E-state index contributed by atoms with van der Waals surface area (Å²) >= 11 is 1.69. The first-order valence-electron chi connectivity index (χ1n) is 5.16. The summed E-state index contributed by atoms with van der Waals surface area (Å²) in [6.45, 7) is 10.1. The van der Waals surface area contributed by atoms with Crippen molar-refractivity contribution < 1.29 is 0 Å². The van der Waals surface area contributed by atoms with E-state index in [-0.39, 0.29) is 0 Å². The minimum absolute atomic E-state index is 1.11. The second kappa shape index (κ2) is 7.51. The number of aromatic nitrogens is 1. The Kier molecular flexibility index (Phi) is 7.03. The van der Waals surface area contributed by atoms with Crippen molar-refractivity contribution in [1.82, 2.24) is 4.98 Å². The molecular formula is C12H19NS. The van der Waals surface area contributed by atoms with E-state index in [0.29, 0.717) is 0 Å². The Bertz CT molecular complexity index is 352. The molecule has 0 unspecified atom stereocenters. The summed E-state index contributed by atoms with van der Waals surface area (Å²) in [7, 11) is 0. The largest absolute Gasteiger partial charge is 0.245 e. The molecule has 14 heavy (non-hydrogen) atoms. The summed E-state index contributed by atoms with van der Waals surface area (Å²) in [5, 5.41) is 0. The van der Waals surface area contributed by atoms with Crippen LogP contribution in [0.2, 0.25) is 0 Å². The molecule has 1 aromatic heterocycles. The summed E-state index contributed by atoms with van der Waals surface area (Å²) in [6.07, 6.45) is 0. The van der Waals surface area contributed by atoms with Gasteiger partial charge in [-0.2, -0.15) is 0 Å². The van der Waals surface area contributed by atoms with E-state index in [1.54, 1.807) is 11.3 Å². The molecule has 0 saturated heterocycles. The van der Waals surface area contributed by atoms with Gasteiger partial charge in [0.1, 0.15) is 0 Å². The van der Waals surface area contributed by atoms with Crippen LogP contribution in [0.15, 0.2) is 23.7 Å². The van der Waals surface area contributed by atoms with Crippen LogP contribution in [0.4, 0.5) is 0 Å². The SMILES string of the molecule is CC.CC.Cc1ccc2ncsc2c1. The molecule has 0 aliphatic heterocycles. The zero-order valence-electron chi connectivity index (χ0n) is 9.66. The molecule has 1 aromatic carbocycles. The smallest absolute Gasteiger partial charge is 0.0812 e. The van der Waals surface area contributed by atoms with E-state index in [4.69, 9.17) is 0 Å². The summed E-state index contributed by atoms with van der Waals surface area (Å²) in [4.78, 5) is 4.18. The summed E-state index contributed by atoms with van der Waals surface area (Å²) in [5.74, 6) is 0. The predicted octanol–water partition coefficient (Wildman–Crippen LogP) is 4.66. The van der Waals surface area contributed by atoms with Gasteiger partial charge in [-0.1, -0.05) is 33.8 Å². The minimum Gasteiger partial charge on any atom is -0.245 e. The number of thiazole rings is 1. The van der Waals surface area contributed by atoms with Crippen LogP contribution in [-0.2, 0) is 0 Å². The normalized spacial score (nSPS) is 8.36. The van der Waals surface area contributed by atoms with E-state index in [9.17, 15) is 0 Å². The molecule has 0 saturated carbocycles. The second-order valence-electron chi connectivity index (χ2n) is 2.32. The van der Waals surface area contributed by atoms with Gasteiger partial charge in [0.25, 0.3) is 0 Å². The van der Waals surface area contributed by atoms with Crippen molar-refractivity contribution >= 4 is 21.6 Å². The van der Waals surface area contributed by atoms with Crippen molar-refractivity contribution in [3.63, 3.8) is 0 Å². The second-order valence-corrected chi connectivity index (χ2v) is 3.21. The Labute approximate surface area is 90.8 Å². The third-order valence-electron chi connectivity index (χ3n) is 1.49. The van der Waals surface area contributed by atoms with Crippen molar-refractivity contribution in [3.8, 4) is 0 Å². The Morgan fingerprint density at radius 2 is 1.71 bits per heavy atom. The van der Waals surface area contributed by atoms with Crippen LogP contribution in [-0.4, -0.2) is 4.98 Å². The van der Waals surface area contributed by atoms with Crippen LogP contribution in [0.25, 0.3) is 10.2 Å². The van der Waals surface area contributed by atoms with Crippen molar-refractivity contribution in [1.29, 1.82) is 0 Å². The van der Waals surface area contributed by atoms with Crippen LogP contribution in [0.5, 0.6) is 0 Å². The Morgan fingerprint density at radius 3 is 2.36 bits per heavy atom. The Balaban J connectivity index is 0.000000379. The van der Waals surface area contributed by atoms with Gasteiger partial charge in [-0.05, 0) is 24.6 Å². The predicted molar refractivity (Wildman–Crippen MR) is 67.1 cm³/mol. The molecule has 2 aromatic rings. The van der Waals surface area contributed by atoms with Crippen LogP contribution in [0, 0.1) is 6.92 Å². The van der Waals surface area contributed by atoms with Gasteiger partial charge in [-0.25, -0.2) is 4.98 Å². The maximum absolute atomic E-state index is 4.18. The standard InChI is InChI=1S/C8H7NS.2C2H6/c1-6-2-3-7-8(4-6)10-5-9-7;2*1-2/h2-5H,1H3;2*1-2H3. The molecule has 2 rings (SSSR count). The molecule has 1 nitrogen and oxygen atoms in total. The number of aryl methyl sites for hydroxylation is 1. The van der Waals surface area contributed by atoms with Crippen molar-refractivity contribution in [2.75, 3.05) is 0 Å². The fourth-order valence-corrected chi connectivity index (χ4v) is 1.74. The van der Waals surface area contributed by atoms with E-state index in [1.807, 2.05) is 33.2 Å². The van der Waals surface area contributed by atoms with E-state index in [2.05, 4.69) is 30.1 Å². The number of nitrogens with zero attached hydrogens (tertiary/aromatic N) is 1. The molecule has 0 radical (unpaired) electrons. The Morgan fingerprint density at radius 1 is 1.07 bits per heavy atom. The summed E-state index contributed by atoms with van der Waals surface area (Å²) in [6, 6.07) is 6.30. The fourth-order valence-electron chi connectivity index (χ4n) is 0.962. The first-order valence-corrected chi connectivity index (χ1v) is 6.04.